The predicted octanol–water partition coefficient (Wildman–Crippen LogP) is 7.28. The Labute approximate surface area is 213 Å². The topological polar surface area (TPSA) is 36.9 Å². The Morgan fingerprint density at radius 3 is 1.19 bits per heavy atom. The van der Waals surface area contributed by atoms with E-state index in [4.69, 9.17) is 18.9 Å². The smallest absolute Gasteiger partial charge is 0.130 e. The lowest BCUT2D eigenvalue weighted by molar-refractivity contribution is 0.393. The van der Waals surface area contributed by atoms with Gasteiger partial charge >= 0.3 is 0 Å². The fraction of sp³-hybridized carbons (Fsp3) is 0.125. The molecule has 182 valence electrons. The summed E-state index contributed by atoms with van der Waals surface area (Å²) < 4.78 is 22.3. The van der Waals surface area contributed by atoms with Crippen molar-refractivity contribution in [2.75, 3.05) is 28.4 Å². The highest BCUT2D eigenvalue weighted by molar-refractivity contribution is 5.89. The van der Waals surface area contributed by atoms with Gasteiger partial charge in [0.1, 0.15) is 23.0 Å². The minimum absolute atomic E-state index is 0.737. The number of rotatable bonds is 9. The molecule has 0 heterocycles. The van der Waals surface area contributed by atoms with Crippen LogP contribution in [-0.4, -0.2) is 28.4 Å². The van der Waals surface area contributed by atoms with Crippen LogP contribution < -0.4 is 18.9 Å². The molecule has 0 aliphatic rings. The molecule has 4 heteroatoms. The van der Waals surface area contributed by atoms with E-state index in [1.807, 2.05) is 72.8 Å². The summed E-state index contributed by atoms with van der Waals surface area (Å²) in [7, 11) is 6.65. The van der Waals surface area contributed by atoms with E-state index in [0.29, 0.717) is 0 Å². The first-order valence-corrected chi connectivity index (χ1v) is 11.7. The van der Waals surface area contributed by atoms with E-state index in [2.05, 4.69) is 36.4 Å². The quantitative estimate of drug-likeness (QED) is 0.237. The van der Waals surface area contributed by atoms with Gasteiger partial charge in [-0.3, -0.25) is 0 Å². The highest BCUT2D eigenvalue weighted by atomic mass is 16.5. The summed E-state index contributed by atoms with van der Waals surface area (Å²) in [5.74, 6) is 2.96. The van der Waals surface area contributed by atoms with Crippen molar-refractivity contribution in [2.45, 2.75) is 0 Å². The third-order valence-corrected chi connectivity index (χ3v) is 5.98. The third-order valence-electron chi connectivity index (χ3n) is 5.98. The van der Waals surface area contributed by atoms with Crippen molar-refractivity contribution in [1.29, 1.82) is 0 Å². The summed E-state index contributed by atoms with van der Waals surface area (Å²) in [6, 6.07) is 32.3. The molecule has 0 radical (unpaired) electrons. The largest absolute Gasteiger partial charge is 0.497 e. The summed E-state index contributed by atoms with van der Waals surface area (Å²) >= 11 is 0. The van der Waals surface area contributed by atoms with Gasteiger partial charge < -0.3 is 18.9 Å². The first kappa shape index (κ1) is 24.7. The first-order valence-electron chi connectivity index (χ1n) is 11.7. The van der Waals surface area contributed by atoms with Gasteiger partial charge in [-0.05, 0) is 46.5 Å². The van der Waals surface area contributed by atoms with Crippen molar-refractivity contribution < 1.29 is 18.9 Å². The zero-order valence-electron chi connectivity index (χ0n) is 21.0. The number of benzene rings is 4. The monoisotopic (exact) mass is 478 g/mol. The van der Waals surface area contributed by atoms with Gasteiger partial charge in [0.05, 0.1) is 28.4 Å². The molecule has 0 aliphatic heterocycles. The van der Waals surface area contributed by atoms with Crippen molar-refractivity contribution in [3.05, 3.63) is 131 Å². The second-order valence-electron chi connectivity index (χ2n) is 8.03. The Hall–Kier alpha value is -4.44. The molecule has 0 saturated carbocycles. The molecule has 4 aromatic rings. The average molecular weight is 479 g/mol. The van der Waals surface area contributed by atoms with Crippen molar-refractivity contribution in [3.8, 4) is 23.0 Å². The second-order valence-corrected chi connectivity index (χ2v) is 8.03. The summed E-state index contributed by atoms with van der Waals surface area (Å²) in [6.45, 7) is 0. The molecule has 4 aromatic carbocycles. The molecule has 0 spiro atoms. The van der Waals surface area contributed by atoms with Crippen LogP contribution in [0.15, 0.2) is 109 Å². The lowest BCUT2D eigenvalue weighted by Gasteiger charge is -2.16. The Morgan fingerprint density at radius 1 is 0.472 bits per heavy atom. The Balaban J connectivity index is 1.95. The number of methoxy groups -OCH3 is 4. The second kappa shape index (κ2) is 11.8. The van der Waals surface area contributed by atoms with E-state index in [1.54, 1.807) is 28.4 Å². The van der Waals surface area contributed by atoms with Gasteiger partial charge in [-0.15, -0.1) is 0 Å². The Kier molecular flexibility index (Phi) is 8.09. The van der Waals surface area contributed by atoms with E-state index < -0.39 is 0 Å². The molecule has 36 heavy (non-hydrogen) atoms. The minimum Gasteiger partial charge on any atom is -0.497 e. The first-order chi connectivity index (χ1) is 17.7. The van der Waals surface area contributed by atoms with Gasteiger partial charge in [0.15, 0.2) is 0 Å². The van der Waals surface area contributed by atoms with Crippen LogP contribution in [0.25, 0.3) is 11.1 Å². The van der Waals surface area contributed by atoms with Gasteiger partial charge in [-0.25, -0.2) is 0 Å². The Bertz CT molecular complexity index is 1250. The molecule has 0 atom stereocenters. The van der Waals surface area contributed by atoms with Gasteiger partial charge in [-0.1, -0.05) is 72.8 Å². The molecule has 4 rings (SSSR count). The van der Waals surface area contributed by atoms with Gasteiger partial charge in [0.25, 0.3) is 0 Å². The van der Waals surface area contributed by atoms with Crippen LogP contribution >= 0.6 is 0 Å². The zero-order chi connectivity index (χ0) is 25.3. The van der Waals surface area contributed by atoms with E-state index in [9.17, 15) is 0 Å². The maximum absolute atomic E-state index is 5.75. The van der Waals surface area contributed by atoms with Crippen molar-refractivity contribution in [2.24, 2.45) is 0 Å². The van der Waals surface area contributed by atoms with E-state index >= 15 is 0 Å². The maximum Gasteiger partial charge on any atom is 0.130 e. The van der Waals surface area contributed by atoms with E-state index in [0.717, 1.165) is 56.4 Å². The fourth-order valence-electron chi connectivity index (χ4n) is 4.13. The van der Waals surface area contributed by atoms with Crippen LogP contribution in [0, 0.1) is 0 Å². The fourth-order valence-corrected chi connectivity index (χ4v) is 4.13. The van der Waals surface area contributed by atoms with Crippen LogP contribution in [0.4, 0.5) is 0 Å². The maximum atomic E-state index is 5.75. The van der Waals surface area contributed by atoms with Gasteiger partial charge in [0.2, 0.25) is 0 Å². The summed E-state index contributed by atoms with van der Waals surface area (Å²) in [5, 5.41) is 0. The number of allylic oxidation sites excluding steroid dienone is 2. The molecule has 0 aliphatic carbocycles. The molecule has 0 amide bonds. The normalized spacial score (nSPS) is 11.7. The molecule has 0 N–H and O–H groups in total. The van der Waals surface area contributed by atoms with E-state index in [1.165, 1.54) is 0 Å². The van der Waals surface area contributed by atoms with Crippen LogP contribution in [0.3, 0.4) is 0 Å². The van der Waals surface area contributed by atoms with E-state index in [-0.39, 0.29) is 0 Å². The number of ether oxygens (including phenoxy) is 4. The standard InChI is InChI=1S/C32H30O4/c1-33-25-15-17-29(31(21-25)35-3)27(23-11-7-5-8-12-23)19-20-28(24-13-9-6-10-14-24)30-18-16-26(34-2)22-32(30)36-4/h5-22H,1-4H3/b27-19+,28-20+. The van der Waals surface area contributed by atoms with Crippen LogP contribution in [0.2, 0.25) is 0 Å². The highest BCUT2D eigenvalue weighted by Crippen LogP contribution is 2.37. The van der Waals surface area contributed by atoms with Gasteiger partial charge in [-0.2, -0.15) is 0 Å². The summed E-state index contributed by atoms with van der Waals surface area (Å²) in [5.41, 5.74) is 6.13. The van der Waals surface area contributed by atoms with Crippen molar-refractivity contribution >= 4 is 11.1 Å². The van der Waals surface area contributed by atoms with Crippen molar-refractivity contribution in [3.63, 3.8) is 0 Å². The molecule has 0 unspecified atom stereocenters. The molecular weight excluding hydrogens is 448 g/mol. The van der Waals surface area contributed by atoms with Crippen LogP contribution in [0.5, 0.6) is 23.0 Å². The predicted molar refractivity (Wildman–Crippen MR) is 146 cm³/mol. The molecule has 0 saturated heterocycles. The molecule has 4 nitrogen and oxygen atoms in total. The molecule has 0 aromatic heterocycles. The lowest BCUT2D eigenvalue weighted by atomic mass is 9.93. The highest BCUT2D eigenvalue weighted by Gasteiger charge is 2.14. The zero-order valence-corrected chi connectivity index (χ0v) is 21.0. The Morgan fingerprint density at radius 2 is 0.861 bits per heavy atom. The van der Waals surface area contributed by atoms with Crippen molar-refractivity contribution in [1.82, 2.24) is 0 Å². The minimum atomic E-state index is 0.737. The number of hydrogen-bond donors (Lipinski definition) is 0. The SMILES string of the molecule is COc1ccc(/C(=C/C=C(\c2ccccc2)c2ccc(OC)cc2OC)c2ccccc2)c(OC)c1. The molecule has 0 bridgehead atoms. The van der Waals surface area contributed by atoms with Crippen LogP contribution in [-0.2, 0) is 0 Å². The van der Waals surface area contributed by atoms with Gasteiger partial charge in [0, 0.05) is 23.3 Å². The molecule has 0 fully saturated rings. The summed E-state index contributed by atoms with van der Waals surface area (Å²) in [4.78, 5) is 0. The van der Waals surface area contributed by atoms with Crippen LogP contribution in [0.1, 0.15) is 22.3 Å². The molecular formula is C32H30O4. The third kappa shape index (κ3) is 5.44. The average Bonchev–Trinajstić information content (AvgIpc) is 2.96. The summed E-state index contributed by atoms with van der Waals surface area (Å²) in [6.07, 6.45) is 4.26. The lowest BCUT2D eigenvalue weighted by Crippen LogP contribution is -1.96. The number of hydrogen-bond acceptors (Lipinski definition) is 4.